The number of aliphatic hydroxyl groups excluding tert-OH is 3. The van der Waals surface area contributed by atoms with Gasteiger partial charge in [0, 0.05) is 53.0 Å². The first-order valence-corrected chi connectivity index (χ1v) is 41.6. The average Bonchev–Trinajstić information content (AvgIpc) is 1.65. The fourth-order valence-electron chi connectivity index (χ4n) is 11.5. The van der Waals surface area contributed by atoms with Crippen molar-refractivity contribution in [1.29, 1.82) is 0 Å². The summed E-state index contributed by atoms with van der Waals surface area (Å²) in [5, 5.41) is 32.4. The van der Waals surface area contributed by atoms with E-state index in [1.807, 2.05) is 0 Å². The van der Waals surface area contributed by atoms with Gasteiger partial charge in [0.15, 0.2) is 0 Å². The third kappa shape index (κ3) is 24.5. The van der Waals surface area contributed by atoms with E-state index in [-0.39, 0.29) is 56.6 Å². The van der Waals surface area contributed by atoms with Gasteiger partial charge in [-0.3, -0.25) is 56.6 Å². The molecule has 3 fully saturated rings. The highest BCUT2D eigenvalue weighted by Gasteiger charge is 2.48. The predicted octanol–water partition coefficient (Wildman–Crippen LogP) is 12.0. The maximum Gasteiger partial charge on any atom is 0.380 e. The summed E-state index contributed by atoms with van der Waals surface area (Å²) >= 11 is 15.3. The molecule has 108 heavy (non-hydrogen) atoms. The normalized spacial score (nSPS) is 24.3. The Morgan fingerprint density at radius 3 is 0.861 bits per heavy atom. The summed E-state index contributed by atoms with van der Waals surface area (Å²) in [6.45, 7) is 24.8. The SMILES string of the molecule is Cc1cn([C@H]2O[C@@H](COP(=O)(C[C@@H](C)C(=O)OC(C)C)Oc3ccccc3)C(O)[C@H]2C)c(=O)[nH]c1=S.Cc1cn([C@H]2O[C@@H](CO[P@@](=O)(C[C@@H](C)C(=O)OC(C)C)Oc3ccccc3)C(O)[C@H]2C)c(=O)[nH]c1=S.Cc1cn([C@H]2O[C@@H](CO[P@](=O)(C[C@@H](C)C(=O)OC(C)C)Oc3ccccc3)C(O)[C@H]2C)c(=O)[nH]c1=S. The molecule has 3 aromatic heterocycles. The highest BCUT2D eigenvalue weighted by molar-refractivity contribution is 7.71. The number of carbonyl (C=O) groups excluding carboxylic acids is 3. The standard InChI is InChI=1S/3C24H33N2O8PS/c3*1-14(2)32-23(28)16(4)13-35(30,34-18-9-7-6-8-10-18)31-12-19-20(27)17(5)22(33-19)26-11-15(3)21(36)25-24(26)29/h3*6-11,14,16-17,19-20,22,27H,12-13H2,1-5H3,(H,25,29,36)/t16-,17-,19+,20?,22+,35?;16-,17-,19+,20?,22+,35+;16-,17-,19+,20?,22+,35-/m111/s1. The summed E-state index contributed by atoms with van der Waals surface area (Å²) in [6.07, 6.45) is -5.06. The lowest BCUT2D eigenvalue weighted by Crippen LogP contribution is -2.31. The molecule has 3 aromatic carbocycles. The Bertz CT molecular complexity index is 4090. The molecule has 9 rings (SSSR count). The van der Waals surface area contributed by atoms with Crippen molar-refractivity contribution in [2.75, 3.05) is 38.3 Å². The number of aryl methyl sites for hydroxylation is 3. The molecule has 36 heteroatoms. The highest BCUT2D eigenvalue weighted by Crippen LogP contribution is 2.54. The van der Waals surface area contributed by atoms with Gasteiger partial charge in [0.05, 0.1) is 92.7 Å². The number of esters is 3. The molecule has 0 spiro atoms. The summed E-state index contributed by atoms with van der Waals surface area (Å²) in [4.78, 5) is 82.2. The number of para-hydroxylation sites is 3. The molecule has 594 valence electrons. The Labute approximate surface area is 641 Å². The van der Waals surface area contributed by atoms with Crippen LogP contribution < -0.4 is 30.6 Å². The minimum absolute atomic E-state index is 0.233. The first kappa shape index (κ1) is 88.3. The highest BCUT2D eigenvalue weighted by atomic mass is 32.1. The number of aromatic amines is 3. The molecule has 30 nitrogen and oxygen atoms in total. The van der Waals surface area contributed by atoms with Crippen LogP contribution >= 0.6 is 59.4 Å². The number of rotatable bonds is 30. The van der Waals surface area contributed by atoms with Crippen LogP contribution in [0.4, 0.5) is 0 Å². The van der Waals surface area contributed by atoms with E-state index in [9.17, 15) is 57.8 Å². The Morgan fingerprint density at radius 2 is 0.648 bits per heavy atom. The Hall–Kier alpha value is -6.90. The smallest absolute Gasteiger partial charge is 0.380 e. The molecule has 18 atom stereocenters. The van der Waals surface area contributed by atoms with Gasteiger partial charge in [0.1, 0.15) is 68.2 Å². The molecular formula is C72H99N6O24P3S3. The Kier molecular flexibility index (Phi) is 32.2. The number of carbonyl (C=O) groups is 3. The van der Waals surface area contributed by atoms with Crippen LogP contribution in [0.25, 0.3) is 0 Å². The van der Waals surface area contributed by atoms with E-state index < -0.39 is 149 Å². The van der Waals surface area contributed by atoms with Crippen molar-refractivity contribution in [3.05, 3.63) is 172 Å². The maximum absolute atomic E-state index is 13.8. The zero-order valence-corrected chi connectivity index (χ0v) is 68.0. The Balaban J connectivity index is 0.000000226. The lowest BCUT2D eigenvalue weighted by Gasteiger charge is -2.24. The molecule has 6 heterocycles. The van der Waals surface area contributed by atoms with Crippen LogP contribution in [0.2, 0.25) is 0 Å². The summed E-state index contributed by atoms with van der Waals surface area (Å²) in [5.41, 5.74) is 0.637. The first-order valence-electron chi connectivity index (χ1n) is 35.2. The van der Waals surface area contributed by atoms with Crippen LogP contribution in [-0.4, -0.2) is 155 Å². The van der Waals surface area contributed by atoms with Gasteiger partial charge < -0.3 is 57.3 Å². The van der Waals surface area contributed by atoms with E-state index in [2.05, 4.69) is 15.0 Å². The monoisotopic (exact) mass is 1620 g/mol. The van der Waals surface area contributed by atoms with Crippen molar-refractivity contribution < 1.29 is 99.0 Å². The molecule has 3 aliphatic heterocycles. The first-order chi connectivity index (χ1) is 50.7. The second-order valence-corrected chi connectivity index (χ2v) is 35.1. The maximum atomic E-state index is 13.8. The minimum atomic E-state index is -3.89. The van der Waals surface area contributed by atoms with Crippen LogP contribution in [0.5, 0.6) is 17.2 Å². The fourth-order valence-corrected chi connectivity index (χ4v) is 17.5. The summed E-state index contributed by atoms with van der Waals surface area (Å²) in [7, 11) is -11.7. The topological polar surface area (TPSA) is 387 Å². The van der Waals surface area contributed by atoms with Gasteiger partial charge in [0.2, 0.25) is 0 Å². The van der Waals surface area contributed by atoms with E-state index in [1.54, 1.807) is 213 Å². The lowest BCUT2D eigenvalue weighted by atomic mass is 10.0. The Morgan fingerprint density at radius 1 is 0.426 bits per heavy atom. The molecule has 4 unspecified atom stereocenters. The molecule has 0 saturated carbocycles. The number of aliphatic hydroxyl groups is 3. The summed E-state index contributed by atoms with van der Waals surface area (Å²) in [6, 6.07) is 25.4. The molecule has 3 saturated heterocycles. The van der Waals surface area contributed by atoms with Gasteiger partial charge >= 0.3 is 57.8 Å². The van der Waals surface area contributed by atoms with E-state index in [4.69, 9.17) is 92.2 Å². The third-order valence-corrected chi connectivity index (χ3v) is 24.7. The van der Waals surface area contributed by atoms with Crippen LogP contribution in [-0.2, 0) is 70.1 Å². The van der Waals surface area contributed by atoms with Gasteiger partial charge in [-0.15, -0.1) is 0 Å². The van der Waals surface area contributed by atoms with Crippen molar-refractivity contribution in [3.8, 4) is 17.2 Å². The van der Waals surface area contributed by atoms with Crippen LogP contribution in [0.15, 0.2) is 124 Å². The zero-order chi connectivity index (χ0) is 79.9. The molecule has 0 amide bonds. The van der Waals surface area contributed by atoms with Crippen LogP contribution in [0.3, 0.4) is 0 Å². The fraction of sp³-hybridized carbons (Fsp3) is 0.542. The number of aromatic nitrogens is 6. The number of nitrogens with one attached hydrogen (secondary N) is 3. The molecule has 0 bridgehead atoms. The number of nitrogens with zero attached hydrogens (tertiary/aromatic N) is 3. The predicted molar refractivity (Wildman–Crippen MR) is 407 cm³/mol. The minimum Gasteiger partial charge on any atom is -0.463 e. The lowest BCUT2D eigenvalue weighted by molar-refractivity contribution is -0.152. The van der Waals surface area contributed by atoms with Gasteiger partial charge in [-0.2, -0.15) is 0 Å². The van der Waals surface area contributed by atoms with Crippen LogP contribution in [0, 0.1) is 70.2 Å². The van der Waals surface area contributed by atoms with Gasteiger partial charge in [-0.05, 0) is 98.7 Å². The number of hydrogen-bond donors (Lipinski definition) is 6. The van der Waals surface area contributed by atoms with Crippen molar-refractivity contribution in [2.45, 2.75) is 177 Å². The van der Waals surface area contributed by atoms with Crippen molar-refractivity contribution in [3.63, 3.8) is 0 Å². The van der Waals surface area contributed by atoms with Crippen molar-refractivity contribution in [1.82, 2.24) is 28.7 Å². The second-order valence-electron chi connectivity index (χ2n) is 27.8. The van der Waals surface area contributed by atoms with E-state index in [0.29, 0.717) is 47.9 Å². The third-order valence-electron chi connectivity index (χ3n) is 17.3. The summed E-state index contributed by atoms with van der Waals surface area (Å²) in [5.74, 6) is -4.36. The van der Waals surface area contributed by atoms with E-state index >= 15 is 0 Å². The second kappa shape index (κ2) is 39.3. The van der Waals surface area contributed by atoms with Gasteiger partial charge in [-0.1, -0.05) is 133 Å². The van der Waals surface area contributed by atoms with Gasteiger partial charge in [0.25, 0.3) is 0 Å². The number of ether oxygens (including phenoxy) is 6. The number of hydrogen-bond acceptors (Lipinski definition) is 27. The quantitative estimate of drug-likeness (QED) is 0.0106. The molecule has 0 radical (unpaired) electrons. The molecule has 0 aliphatic carbocycles. The van der Waals surface area contributed by atoms with E-state index in [0.717, 1.165) is 0 Å². The van der Waals surface area contributed by atoms with E-state index in [1.165, 1.54) is 13.7 Å². The largest absolute Gasteiger partial charge is 0.463 e. The molecule has 3 aliphatic rings. The zero-order valence-electron chi connectivity index (χ0n) is 62.9. The molecule has 6 N–H and O–H groups in total. The molecular weight excluding hydrogens is 1520 g/mol. The number of H-pyrrole nitrogens is 3. The van der Waals surface area contributed by atoms with Crippen molar-refractivity contribution in [2.24, 2.45) is 35.5 Å². The van der Waals surface area contributed by atoms with Crippen molar-refractivity contribution >= 4 is 77.3 Å². The van der Waals surface area contributed by atoms with Crippen LogP contribution in [0.1, 0.15) is 118 Å². The molecule has 6 aromatic rings. The average molecular weight is 1620 g/mol. The number of benzene rings is 3. The summed E-state index contributed by atoms with van der Waals surface area (Å²) < 4.78 is 114. The van der Waals surface area contributed by atoms with Gasteiger partial charge in [-0.25, -0.2) is 28.1 Å².